The summed E-state index contributed by atoms with van der Waals surface area (Å²) in [5, 5.41) is 3.14. The van der Waals surface area contributed by atoms with Gasteiger partial charge >= 0.3 is 5.97 Å². The number of anilines is 1. The standard InChI is InChI=1S/C13H18FNO3/c1-8(9(2)17-3)15-10-5-6-12(14)11(7-10)13(16)18-4/h5-9,15H,1-4H3. The number of ether oxygens (including phenoxy) is 2. The lowest BCUT2D eigenvalue weighted by atomic mass is 10.1. The van der Waals surface area contributed by atoms with Crippen molar-refractivity contribution >= 4 is 11.7 Å². The number of methoxy groups -OCH3 is 2. The molecule has 0 aliphatic carbocycles. The molecule has 0 amide bonds. The summed E-state index contributed by atoms with van der Waals surface area (Å²) in [6.07, 6.45) is -0.00312. The van der Waals surface area contributed by atoms with E-state index in [1.54, 1.807) is 13.2 Å². The highest BCUT2D eigenvalue weighted by Crippen LogP contribution is 2.17. The van der Waals surface area contributed by atoms with Crippen LogP contribution < -0.4 is 5.32 Å². The van der Waals surface area contributed by atoms with Crippen LogP contribution >= 0.6 is 0 Å². The van der Waals surface area contributed by atoms with Gasteiger partial charge in [-0.2, -0.15) is 0 Å². The van der Waals surface area contributed by atoms with Gasteiger partial charge in [0.15, 0.2) is 0 Å². The molecule has 18 heavy (non-hydrogen) atoms. The second-order valence-corrected chi connectivity index (χ2v) is 4.06. The molecule has 0 saturated carbocycles. The predicted molar refractivity (Wildman–Crippen MR) is 67.3 cm³/mol. The van der Waals surface area contributed by atoms with E-state index in [9.17, 15) is 9.18 Å². The van der Waals surface area contributed by atoms with E-state index in [4.69, 9.17) is 4.74 Å². The summed E-state index contributed by atoms with van der Waals surface area (Å²) in [6.45, 7) is 3.86. The quantitative estimate of drug-likeness (QED) is 0.821. The maximum Gasteiger partial charge on any atom is 0.340 e. The molecule has 2 atom stereocenters. The third kappa shape index (κ3) is 3.43. The Balaban J connectivity index is 2.88. The van der Waals surface area contributed by atoms with E-state index in [2.05, 4.69) is 10.1 Å². The van der Waals surface area contributed by atoms with E-state index in [0.717, 1.165) is 0 Å². The predicted octanol–water partition coefficient (Wildman–Crippen LogP) is 2.45. The second-order valence-electron chi connectivity index (χ2n) is 4.06. The van der Waals surface area contributed by atoms with Crippen molar-refractivity contribution in [2.24, 2.45) is 0 Å². The van der Waals surface area contributed by atoms with E-state index in [-0.39, 0.29) is 17.7 Å². The van der Waals surface area contributed by atoms with Crippen LogP contribution in [0.15, 0.2) is 18.2 Å². The van der Waals surface area contributed by atoms with E-state index in [1.165, 1.54) is 19.2 Å². The molecular formula is C13H18FNO3. The molecule has 4 nitrogen and oxygen atoms in total. The van der Waals surface area contributed by atoms with E-state index in [1.807, 2.05) is 13.8 Å². The van der Waals surface area contributed by atoms with Crippen LogP contribution in [0.5, 0.6) is 0 Å². The fourth-order valence-corrected chi connectivity index (χ4v) is 1.47. The van der Waals surface area contributed by atoms with E-state index < -0.39 is 11.8 Å². The topological polar surface area (TPSA) is 47.6 Å². The maximum atomic E-state index is 13.4. The minimum absolute atomic E-state index is 0.00312. The third-order valence-electron chi connectivity index (χ3n) is 2.84. The van der Waals surface area contributed by atoms with Crippen LogP contribution in [0.2, 0.25) is 0 Å². The van der Waals surface area contributed by atoms with Crippen molar-refractivity contribution in [1.29, 1.82) is 0 Å². The molecule has 0 fully saturated rings. The van der Waals surface area contributed by atoms with Crippen molar-refractivity contribution in [1.82, 2.24) is 0 Å². The first kappa shape index (κ1) is 14.4. The number of benzene rings is 1. The van der Waals surface area contributed by atoms with Gasteiger partial charge in [-0.25, -0.2) is 9.18 Å². The van der Waals surface area contributed by atoms with Crippen LogP contribution in [0.25, 0.3) is 0 Å². The summed E-state index contributed by atoms with van der Waals surface area (Å²) in [5.74, 6) is -1.29. The summed E-state index contributed by atoms with van der Waals surface area (Å²) in [6, 6.07) is 4.27. The molecular weight excluding hydrogens is 237 g/mol. The van der Waals surface area contributed by atoms with Crippen LogP contribution in [-0.2, 0) is 9.47 Å². The molecule has 0 aliphatic rings. The smallest absolute Gasteiger partial charge is 0.340 e. The number of carbonyl (C=O) groups is 1. The SMILES string of the molecule is COC(=O)c1cc(NC(C)C(C)OC)ccc1F. The average molecular weight is 255 g/mol. The second kappa shape index (κ2) is 6.35. The zero-order chi connectivity index (χ0) is 13.7. The van der Waals surface area contributed by atoms with E-state index in [0.29, 0.717) is 5.69 Å². The summed E-state index contributed by atoms with van der Waals surface area (Å²) < 4.78 is 23.1. The molecule has 5 heteroatoms. The third-order valence-corrected chi connectivity index (χ3v) is 2.84. The van der Waals surface area contributed by atoms with Gasteiger partial charge in [0, 0.05) is 18.8 Å². The number of carbonyl (C=O) groups excluding carboxylic acids is 1. The summed E-state index contributed by atoms with van der Waals surface area (Å²) in [7, 11) is 2.84. The maximum absolute atomic E-state index is 13.4. The van der Waals surface area contributed by atoms with Crippen molar-refractivity contribution in [3.63, 3.8) is 0 Å². The molecule has 0 bridgehead atoms. The molecule has 0 aliphatic heterocycles. The summed E-state index contributed by atoms with van der Waals surface area (Å²) in [4.78, 5) is 11.3. The highest BCUT2D eigenvalue weighted by molar-refractivity contribution is 5.90. The van der Waals surface area contributed by atoms with Gasteiger partial charge in [0.2, 0.25) is 0 Å². The molecule has 1 N–H and O–H groups in total. The Morgan fingerprint density at radius 3 is 2.56 bits per heavy atom. The number of nitrogens with one attached hydrogen (secondary N) is 1. The molecule has 1 aromatic rings. The van der Waals surface area contributed by atoms with Gasteiger partial charge in [-0.1, -0.05) is 0 Å². The molecule has 0 radical (unpaired) electrons. The first-order valence-corrected chi connectivity index (χ1v) is 5.66. The fraction of sp³-hybridized carbons (Fsp3) is 0.462. The highest BCUT2D eigenvalue weighted by atomic mass is 19.1. The first-order chi connectivity index (χ1) is 8.49. The van der Waals surface area contributed by atoms with Crippen molar-refractivity contribution in [3.8, 4) is 0 Å². The number of hydrogen-bond donors (Lipinski definition) is 1. The van der Waals surface area contributed by atoms with Crippen LogP contribution in [0.4, 0.5) is 10.1 Å². The lowest BCUT2D eigenvalue weighted by Crippen LogP contribution is -2.29. The molecule has 0 aromatic heterocycles. The van der Waals surface area contributed by atoms with Crippen molar-refractivity contribution in [3.05, 3.63) is 29.6 Å². The zero-order valence-electron chi connectivity index (χ0n) is 11.0. The number of rotatable bonds is 5. The Kier molecular flexibility index (Phi) is 5.09. The Morgan fingerprint density at radius 1 is 1.33 bits per heavy atom. The van der Waals surface area contributed by atoms with Gasteiger partial charge in [0.1, 0.15) is 5.82 Å². The molecule has 0 saturated heterocycles. The molecule has 100 valence electrons. The van der Waals surface area contributed by atoms with Gasteiger partial charge in [-0.3, -0.25) is 0 Å². The average Bonchev–Trinajstić information content (AvgIpc) is 2.38. The number of hydrogen-bond acceptors (Lipinski definition) is 4. The largest absolute Gasteiger partial charge is 0.465 e. The zero-order valence-corrected chi connectivity index (χ0v) is 11.0. The lowest BCUT2D eigenvalue weighted by Gasteiger charge is -2.21. The van der Waals surface area contributed by atoms with E-state index >= 15 is 0 Å². The van der Waals surface area contributed by atoms with Crippen LogP contribution in [0.1, 0.15) is 24.2 Å². The normalized spacial score (nSPS) is 13.8. The molecule has 2 unspecified atom stereocenters. The Labute approximate surface area is 106 Å². The van der Waals surface area contributed by atoms with Crippen molar-refractivity contribution < 1.29 is 18.7 Å². The number of esters is 1. The molecule has 0 spiro atoms. The van der Waals surface area contributed by atoms with Crippen LogP contribution in [0, 0.1) is 5.82 Å². The molecule has 1 aromatic carbocycles. The van der Waals surface area contributed by atoms with Gasteiger partial charge < -0.3 is 14.8 Å². The monoisotopic (exact) mass is 255 g/mol. The first-order valence-electron chi connectivity index (χ1n) is 5.66. The summed E-state index contributed by atoms with van der Waals surface area (Å²) >= 11 is 0. The minimum Gasteiger partial charge on any atom is -0.465 e. The molecule has 0 heterocycles. The number of halogens is 1. The minimum atomic E-state index is -0.691. The fourth-order valence-electron chi connectivity index (χ4n) is 1.47. The van der Waals surface area contributed by atoms with Gasteiger partial charge in [0.25, 0.3) is 0 Å². The Hall–Kier alpha value is -1.62. The van der Waals surface area contributed by atoms with Crippen LogP contribution in [0.3, 0.4) is 0 Å². The lowest BCUT2D eigenvalue weighted by molar-refractivity contribution is 0.0595. The van der Waals surface area contributed by atoms with Gasteiger partial charge in [0.05, 0.1) is 18.8 Å². The Bertz CT molecular complexity index is 423. The molecule has 1 rings (SSSR count). The Morgan fingerprint density at radius 2 is 2.00 bits per heavy atom. The summed E-state index contributed by atoms with van der Waals surface area (Å²) in [5.41, 5.74) is 0.563. The van der Waals surface area contributed by atoms with Gasteiger partial charge in [-0.15, -0.1) is 0 Å². The van der Waals surface area contributed by atoms with Crippen LogP contribution in [-0.4, -0.2) is 32.3 Å². The van der Waals surface area contributed by atoms with Crippen molar-refractivity contribution in [2.75, 3.05) is 19.5 Å². The van der Waals surface area contributed by atoms with Gasteiger partial charge in [-0.05, 0) is 32.0 Å². The van der Waals surface area contributed by atoms with Crippen molar-refractivity contribution in [2.45, 2.75) is 26.0 Å². The highest BCUT2D eigenvalue weighted by Gasteiger charge is 2.15.